The third-order valence-corrected chi connectivity index (χ3v) is 8.72. The molecule has 2 rings (SSSR count). The molecular formula is C20H25NO3Si. The van der Waals surface area contributed by atoms with E-state index in [1.165, 1.54) is 0 Å². The van der Waals surface area contributed by atoms with E-state index in [2.05, 4.69) is 39.0 Å². The molecule has 4 nitrogen and oxygen atoms in total. The quantitative estimate of drug-likeness (QED) is 0.248. The normalized spacial score (nSPS) is 12.6. The second-order valence-electron chi connectivity index (χ2n) is 7.37. The average molecular weight is 356 g/mol. The fraction of sp³-hybridized carbons (Fsp3) is 0.300. The maximum atomic E-state index is 12.2. The zero-order valence-electron chi connectivity index (χ0n) is 15.4. The number of carbonyl (C=O) groups is 1. The molecule has 0 radical (unpaired) electrons. The molecule has 0 amide bonds. The van der Waals surface area contributed by atoms with Crippen molar-refractivity contribution in [1.82, 2.24) is 0 Å². The molecule has 5 heteroatoms. The van der Waals surface area contributed by atoms with Crippen molar-refractivity contribution in [2.45, 2.75) is 38.9 Å². The molecule has 0 N–H and O–H groups in total. The van der Waals surface area contributed by atoms with Crippen LogP contribution in [0, 0.1) is 0 Å². The van der Waals surface area contributed by atoms with Crippen molar-refractivity contribution >= 4 is 20.2 Å². The molecule has 25 heavy (non-hydrogen) atoms. The van der Waals surface area contributed by atoms with Crippen LogP contribution in [0.25, 0.3) is 0 Å². The minimum Gasteiger partial charge on any atom is -0.528 e. The van der Waals surface area contributed by atoms with Gasteiger partial charge in [0, 0.05) is 5.56 Å². The van der Waals surface area contributed by atoms with Crippen LogP contribution in [0.2, 0.25) is 18.1 Å². The van der Waals surface area contributed by atoms with Crippen molar-refractivity contribution in [3.8, 4) is 0 Å². The summed E-state index contributed by atoms with van der Waals surface area (Å²) in [4.78, 5) is 17.3. The summed E-state index contributed by atoms with van der Waals surface area (Å²) >= 11 is 0. The Balaban J connectivity index is 2.28. The first-order valence-electron chi connectivity index (χ1n) is 8.29. The Morgan fingerprint density at radius 2 is 1.36 bits per heavy atom. The molecule has 0 unspecified atom stereocenters. The molecule has 0 aliphatic rings. The second kappa shape index (κ2) is 7.65. The molecule has 0 aliphatic carbocycles. The van der Waals surface area contributed by atoms with E-state index in [0.29, 0.717) is 11.5 Å². The first kappa shape index (κ1) is 18.9. The van der Waals surface area contributed by atoms with E-state index in [-0.39, 0.29) is 5.04 Å². The van der Waals surface area contributed by atoms with Gasteiger partial charge in [0.15, 0.2) is 0 Å². The Hall–Kier alpha value is -2.40. The molecule has 0 bridgehead atoms. The van der Waals surface area contributed by atoms with E-state index in [1.807, 2.05) is 36.4 Å². The van der Waals surface area contributed by atoms with E-state index >= 15 is 0 Å². The maximum Gasteiger partial charge on any atom is 0.365 e. The fourth-order valence-corrected chi connectivity index (χ4v) is 2.76. The van der Waals surface area contributed by atoms with Crippen LogP contribution >= 0.6 is 0 Å². The zero-order valence-corrected chi connectivity index (χ0v) is 16.4. The van der Waals surface area contributed by atoms with Gasteiger partial charge in [0.25, 0.3) is 8.32 Å². The third kappa shape index (κ3) is 5.03. The van der Waals surface area contributed by atoms with Crippen molar-refractivity contribution in [3.05, 3.63) is 71.8 Å². The molecular weight excluding hydrogens is 330 g/mol. The predicted molar refractivity (Wildman–Crippen MR) is 103 cm³/mol. The number of hydrogen-bond acceptors (Lipinski definition) is 4. The molecule has 0 atom stereocenters. The number of oxime groups is 1. The highest BCUT2D eigenvalue weighted by atomic mass is 28.4. The lowest BCUT2D eigenvalue weighted by Gasteiger charge is -2.36. The summed E-state index contributed by atoms with van der Waals surface area (Å²) in [5.74, 6) is -0.163. The van der Waals surface area contributed by atoms with Crippen LogP contribution in [-0.2, 0) is 9.26 Å². The second-order valence-corrected chi connectivity index (χ2v) is 12.1. The molecule has 0 aliphatic heterocycles. The van der Waals surface area contributed by atoms with Crippen LogP contribution in [0.3, 0.4) is 0 Å². The van der Waals surface area contributed by atoms with Gasteiger partial charge in [-0.25, -0.2) is 4.79 Å². The van der Waals surface area contributed by atoms with Crippen LogP contribution in [-0.4, -0.2) is 20.2 Å². The summed E-state index contributed by atoms with van der Waals surface area (Å²) in [5.41, 5.74) is 1.24. The maximum absolute atomic E-state index is 12.2. The van der Waals surface area contributed by atoms with Crippen molar-refractivity contribution in [1.29, 1.82) is 0 Å². The topological polar surface area (TPSA) is 47.9 Å². The first-order valence-corrected chi connectivity index (χ1v) is 11.2. The Kier molecular flexibility index (Phi) is 5.80. The van der Waals surface area contributed by atoms with Gasteiger partial charge < -0.3 is 9.26 Å². The van der Waals surface area contributed by atoms with Gasteiger partial charge in [0.2, 0.25) is 5.90 Å². The van der Waals surface area contributed by atoms with E-state index in [0.717, 1.165) is 5.56 Å². The molecule has 0 saturated heterocycles. The van der Waals surface area contributed by atoms with Crippen LogP contribution < -0.4 is 0 Å². The van der Waals surface area contributed by atoms with E-state index in [9.17, 15) is 4.79 Å². The highest BCUT2D eigenvalue weighted by molar-refractivity contribution is 6.75. The van der Waals surface area contributed by atoms with Crippen molar-refractivity contribution in [2.24, 2.45) is 5.16 Å². The SMILES string of the molecule is CC(C)(C)[Si](C)(C)O/C(=N/OC(=O)c1ccccc1)c1ccccc1. The third-order valence-electron chi connectivity index (χ3n) is 4.40. The molecule has 2 aromatic carbocycles. The van der Waals surface area contributed by atoms with Gasteiger partial charge >= 0.3 is 5.97 Å². The molecule has 2 aromatic rings. The van der Waals surface area contributed by atoms with E-state index < -0.39 is 14.3 Å². The summed E-state index contributed by atoms with van der Waals surface area (Å²) in [6.45, 7) is 10.7. The van der Waals surface area contributed by atoms with Crippen LogP contribution in [0.5, 0.6) is 0 Å². The highest BCUT2D eigenvalue weighted by Gasteiger charge is 2.40. The number of hydrogen-bond donors (Lipinski definition) is 0. The van der Waals surface area contributed by atoms with Gasteiger partial charge in [0.05, 0.1) is 5.56 Å². The summed E-state index contributed by atoms with van der Waals surface area (Å²) < 4.78 is 6.29. The van der Waals surface area contributed by atoms with Gasteiger partial charge in [-0.05, 0) is 47.6 Å². The summed E-state index contributed by atoms with van der Waals surface area (Å²) in [7, 11) is -2.12. The Labute approximate surface area is 150 Å². The highest BCUT2D eigenvalue weighted by Crippen LogP contribution is 2.37. The Bertz CT molecular complexity index is 735. The van der Waals surface area contributed by atoms with Crippen molar-refractivity contribution in [2.75, 3.05) is 0 Å². The molecule has 0 aromatic heterocycles. The van der Waals surface area contributed by atoms with Gasteiger partial charge in [-0.3, -0.25) is 0 Å². The molecule has 0 saturated carbocycles. The number of rotatable bonds is 4. The standard InChI is InChI=1S/C20H25NO3Si/c1-20(2,3)25(4,5)24-18(16-12-8-6-9-13-16)21-23-19(22)17-14-10-7-11-15-17/h6-15H,1-5H3/b21-18+. The number of benzene rings is 2. The van der Waals surface area contributed by atoms with Gasteiger partial charge in [0.1, 0.15) is 0 Å². The van der Waals surface area contributed by atoms with Crippen molar-refractivity contribution < 1.29 is 14.1 Å². The smallest absolute Gasteiger partial charge is 0.365 e. The summed E-state index contributed by atoms with van der Waals surface area (Å²) in [6.07, 6.45) is 0. The van der Waals surface area contributed by atoms with Gasteiger partial charge in [-0.15, -0.1) is 0 Å². The predicted octanol–water partition coefficient (Wildman–Crippen LogP) is 5.23. The van der Waals surface area contributed by atoms with E-state index in [4.69, 9.17) is 9.26 Å². The van der Waals surface area contributed by atoms with Crippen LogP contribution in [0.4, 0.5) is 0 Å². The van der Waals surface area contributed by atoms with Crippen LogP contribution in [0.15, 0.2) is 65.8 Å². The van der Waals surface area contributed by atoms with Crippen LogP contribution in [0.1, 0.15) is 36.7 Å². The lowest BCUT2D eigenvalue weighted by molar-refractivity contribution is 0.0508. The molecule has 0 fully saturated rings. The fourth-order valence-electron chi connectivity index (χ4n) is 1.82. The number of carbonyl (C=O) groups excluding carboxylic acids is 1. The minimum absolute atomic E-state index is 0.00594. The van der Waals surface area contributed by atoms with Gasteiger partial charge in [-0.2, -0.15) is 0 Å². The molecule has 0 spiro atoms. The monoisotopic (exact) mass is 355 g/mol. The Morgan fingerprint density at radius 1 is 0.880 bits per heavy atom. The minimum atomic E-state index is -2.12. The van der Waals surface area contributed by atoms with Gasteiger partial charge in [-0.1, -0.05) is 57.2 Å². The average Bonchev–Trinajstić information content (AvgIpc) is 2.58. The zero-order chi connectivity index (χ0) is 18.5. The summed E-state index contributed by atoms with van der Waals surface area (Å²) in [6, 6.07) is 18.3. The Morgan fingerprint density at radius 3 is 1.84 bits per heavy atom. The largest absolute Gasteiger partial charge is 0.528 e. The number of nitrogens with zero attached hydrogens (tertiary/aromatic N) is 1. The summed E-state index contributed by atoms with van der Waals surface area (Å²) in [5, 5.41) is 4.05. The lowest BCUT2D eigenvalue weighted by Crippen LogP contribution is -2.42. The van der Waals surface area contributed by atoms with E-state index in [1.54, 1.807) is 24.3 Å². The lowest BCUT2D eigenvalue weighted by atomic mass is 10.2. The molecule has 0 heterocycles. The van der Waals surface area contributed by atoms with Crippen molar-refractivity contribution in [3.63, 3.8) is 0 Å². The molecule has 132 valence electrons. The first-order chi connectivity index (χ1) is 11.7.